The number of amides is 2. The molecule has 0 aliphatic carbocycles. The molecule has 2 bridgehead atoms. The summed E-state index contributed by atoms with van der Waals surface area (Å²) in [6.07, 6.45) is 2.58. The Hall–Kier alpha value is -5.64. The zero-order valence-corrected chi connectivity index (χ0v) is 29.9. The van der Waals surface area contributed by atoms with E-state index in [1.807, 2.05) is 31.7 Å². The standard InChI is InChI=1S/C37H36F2N6O7S/c1-37(2,3)52-36(48)45-23-11-12-24(45)20-44(19-23)33-29-18-41-31(28-17-25(46)15-21-7-4-5-10-27(21)28)30(38)32(29)42-35(43-33)51-14-13-40-34(47)22-8-6-9-26(16-22)53(39,49)50/h4-10,15-18,23-24,46H,11-14,19-20H2,1-3H3,(H,40,47)/t23-,24+. The molecule has 276 valence electrons. The highest BCUT2D eigenvalue weighted by atomic mass is 32.3. The van der Waals surface area contributed by atoms with Crippen LogP contribution in [0.4, 0.5) is 18.9 Å². The zero-order valence-electron chi connectivity index (χ0n) is 29.0. The lowest BCUT2D eigenvalue weighted by Crippen LogP contribution is -2.57. The number of carbonyl (C=O) groups is 2. The molecule has 3 aromatic carbocycles. The molecule has 7 rings (SSSR count). The number of aromatic nitrogens is 3. The predicted octanol–water partition coefficient (Wildman–Crippen LogP) is 5.74. The Morgan fingerprint density at radius 1 is 1.00 bits per heavy atom. The van der Waals surface area contributed by atoms with Crippen molar-refractivity contribution in [2.24, 2.45) is 0 Å². The van der Waals surface area contributed by atoms with Crippen molar-refractivity contribution in [1.82, 2.24) is 25.2 Å². The van der Waals surface area contributed by atoms with Gasteiger partial charge < -0.3 is 24.8 Å². The van der Waals surface area contributed by atoms with E-state index in [-0.39, 0.29) is 53.8 Å². The average molecular weight is 747 g/mol. The number of piperazine rings is 1. The van der Waals surface area contributed by atoms with Crippen molar-refractivity contribution in [3.8, 4) is 23.0 Å². The molecular weight excluding hydrogens is 711 g/mol. The van der Waals surface area contributed by atoms with Gasteiger partial charge in [-0.25, -0.2) is 9.18 Å². The average Bonchev–Trinajstić information content (AvgIpc) is 3.38. The minimum atomic E-state index is -5.01. The van der Waals surface area contributed by atoms with Crippen molar-refractivity contribution in [3.63, 3.8) is 0 Å². The fraction of sp³-hybridized carbons (Fsp3) is 0.324. The summed E-state index contributed by atoms with van der Waals surface area (Å²) in [5.74, 6) is -1.15. The number of rotatable bonds is 8. The molecule has 16 heteroatoms. The fourth-order valence-corrected chi connectivity index (χ4v) is 7.40. The molecule has 2 aliphatic heterocycles. The van der Waals surface area contributed by atoms with E-state index in [2.05, 4.69) is 20.3 Å². The number of nitrogens with one attached hydrogen (secondary N) is 1. The van der Waals surface area contributed by atoms with Gasteiger partial charge in [-0.15, -0.1) is 3.89 Å². The van der Waals surface area contributed by atoms with Crippen LogP contribution in [-0.4, -0.2) is 89.3 Å². The maximum absolute atomic E-state index is 16.7. The van der Waals surface area contributed by atoms with Gasteiger partial charge in [0.05, 0.1) is 28.9 Å². The van der Waals surface area contributed by atoms with Crippen LogP contribution in [0, 0.1) is 5.82 Å². The number of carbonyl (C=O) groups excluding carboxylic acids is 2. The van der Waals surface area contributed by atoms with Crippen LogP contribution in [0.2, 0.25) is 0 Å². The number of phenols is 1. The maximum atomic E-state index is 16.7. The van der Waals surface area contributed by atoms with Gasteiger partial charge in [0.25, 0.3) is 5.91 Å². The second-order valence-electron chi connectivity index (χ2n) is 14.0. The van der Waals surface area contributed by atoms with Crippen molar-refractivity contribution < 1.29 is 40.9 Å². The van der Waals surface area contributed by atoms with Crippen molar-refractivity contribution in [2.75, 3.05) is 31.1 Å². The lowest BCUT2D eigenvalue weighted by atomic mass is 10.00. The van der Waals surface area contributed by atoms with Crippen molar-refractivity contribution in [2.45, 2.75) is 56.2 Å². The molecule has 2 fully saturated rings. The molecule has 0 saturated carbocycles. The van der Waals surface area contributed by atoms with E-state index < -0.39 is 38.5 Å². The topological polar surface area (TPSA) is 164 Å². The largest absolute Gasteiger partial charge is 0.508 e. The SMILES string of the molecule is CC(C)(C)OC(=O)N1[C@@H]2CC[C@H]1CN(c1nc(OCCNC(=O)c3cccc(S(=O)(=O)F)c3)nc3c(F)c(-c4cc(O)cc5ccccc45)ncc13)C2. The van der Waals surface area contributed by atoms with Crippen LogP contribution in [-0.2, 0) is 15.0 Å². The fourth-order valence-electron chi connectivity index (χ4n) is 6.89. The highest BCUT2D eigenvalue weighted by molar-refractivity contribution is 7.86. The van der Waals surface area contributed by atoms with E-state index in [9.17, 15) is 27.0 Å². The first-order valence-electron chi connectivity index (χ1n) is 17.0. The van der Waals surface area contributed by atoms with Crippen LogP contribution < -0.4 is 15.0 Å². The second-order valence-corrected chi connectivity index (χ2v) is 15.3. The summed E-state index contributed by atoms with van der Waals surface area (Å²) in [6.45, 7) is 5.96. The molecule has 2 saturated heterocycles. The number of aromatic hydroxyl groups is 1. The smallest absolute Gasteiger partial charge is 0.410 e. The minimum absolute atomic E-state index is 0.0419. The number of benzene rings is 3. The third kappa shape index (κ3) is 7.36. The first-order chi connectivity index (χ1) is 25.2. The Balaban J connectivity index is 1.20. The Kier molecular flexibility index (Phi) is 9.26. The van der Waals surface area contributed by atoms with Crippen LogP contribution >= 0.6 is 0 Å². The summed E-state index contributed by atoms with van der Waals surface area (Å²) in [7, 11) is -5.01. The summed E-state index contributed by atoms with van der Waals surface area (Å²) >= 11 is 0. The van der Waals surface area contributed by atoms with Crippen molar-refractivity contribution >= 4 is 49.7 Å². The molecule has 0 radical (unpaired) electrons. The molecule has 0 spiro atoms. The Labute approximate surface area is 303 Å². The number of hydrogen-bond donors (Lipinski definition) is 2. The van der Waals surface area contributed by atoms with E-state index in [1.165, 1.54) is 24.4 Å². The molecule has 2 amide bonds. The third-order valence-electron chi connectivity index (χ3n) is 9.13. The molecule has 0 unspecified atom stereocenters. The number of ether oxygens (including phenoxy) is 2. The minimum Gasteiger partial charge on any atom is -0.508 e. The lowest BCUT2D eigenvalue weighted by Gasteiger charge is -2.42. The first kappa shape index (κ1) is 35.7. The van der Waals surface area contributed by atoms with Gasteiger partial charge in [0.1, 0.15) is 35.0 Å². The van der Waals surface area contributed by atoms with Gasteiger partial charge in [-0.3, -0.25) is 14.7 Å². The summed E-state index contributed by atoms with van der Waals surface area (Å²) in [6, 6.07) is 14.2. The second kappa shape index (κ2) is 13.7. The monoisotopic (exact) mass is 746 g/mol. The Bertz CT molecular complexity index is 2360. The highest BCUT2D eigenvalue weighted by Gasteiger charge is 2.45. The molecular formula is C37H36F2N6O7S. The molecule has 2 atom stereocenters. The van der Waals surface area contributed by atoms with Gasteiger partial charge in [0.2, 0.25) is 0 Å². The summed E-state index contributed by atoms with van der Waals surface area (Å²) in [4.78, 5) is 42.5. The van der Waals surface area contributed by atoms with E-state index >= 15 is 4.39 Å². The van der Waals surface area contributed by atoms with E-state index in [0.717, 1.165) is 25.0 Å². The number of nitrogens with zero attached hydrogens (tertiary/aromatic N) is 5. The maximum Gasteiger partial charge on any atom is 0.410 e. The Morgan fingerprint density at radius 3 is 2.45 bits per heavy atom. The summed E-state index contributed by atoms with van der Waals surface area (Å²) in [5.41, 5.74) is -0.505. The number of halogens is 2. The van der Waals surface area contributed by atoms with Crippen molar-refractivity contribution in [1.29, 1.82) is 0 Å². The lowest BCUT2D eigenvalue weighted by molar-refractivity contribution is 0.0122. The molecule has 2 aliphatic rings. The molecule has 2 aromatic heterocycles. The molecule has 2 N–H and O–H groups in total. The summed E-state index contributed by atoms with van der Waals surface area (Å²) < 4.78 is 64.3. The van der Waals surface area contributed by atoms with Crippen LogP contribution in [0.1, 0.15) is 44.0 Å². The molecule has 5 aromatic rings. The van der Waals surface area contributed by atoms with Crippen LogP contribution in [0.5, 0.6) is 11.8 Å². The first-order valence-corrected chi connectivity index (χ1v) is 18.3. The van der Waals surface area contributed by atoms with Gasteiger partial charge in [-0.05, 0) is 74.7 Å². The quantitative estimate of drug-likeness (QED) is 0.147. The summed E-state index contributed by atoms with van der Waals surface area (Å²) in [5, 5.41) is 14.7. The molecule has 4 heterocycles. The van der Waals surface area contributed by atoms with Crippen LogP contribution in [0.25, 0.3) is 32.9 Å². The molecule has 53 heavy (non-hydrogen) atoms. The van der Waals surface area contributed by atoms with Crippen LogP contribution in [0.15, 0.2) is 71.8 Å². The molecule has 13 nitrogen and oxygen atoms in total. The zero-order chi connectivity index (χ0) is 37.7. The highest BCUT2D eigenvalue weighted by Crippen LogP contribution is 2.39. The van der Waals surface area contributed by atoms with Gasteiger partial charge in [0.15, 0.2) is 5.82 Å². The number of pyridine rings is 1. The van der Waals surface area contributed by atoms with Gasteiger partial charge >= 0.3 is 22.3 Å². The third-order valence-corrected chi connectivity index (χ3v) is 9.94. The Morgan fingerprint density at radius 2 is 1.74 bits per heavy atom. The van der Waals surface area contributed by atoms with Gasteiger partial charge in [-0.1, -0.05) is 30.3 Å². The van der Waals surface area contributed by atoms with E-state index in [1.54, 1.807) is 29.2 Å². The van der Waals surface area contributed by atoms with Gasteiger partial charge in [-0.2, -0.15) is 18.4 Å². The van der Waals surface area contributed by atoms with Crippen molar-refractivity contribution in [3.05, 3.63) is 78.2 Å². The number of fused-ring (bicyclic) bond motifs is 4. The van der Waals surface area contributed by atoms with E-state index in [0.29, 0.717) is 40.6 Å². The number of anilines is 1. The normalized spacial score (nSPS) is 17.3. The predicted molar refractivity (Wildman–Crippen MR) is 192 cm³/mol. The van der Waals surface area contributed by atoms with Crippen LogP contribution in [0.3, 0.4) is 0 Å². The van der Waals surface area contributed by atoms with Gasteiger partial charge in [0, 0.05) is 30.4 Å². The van der Waals surface area contributed by atoms with E-state index in [4.69, 9.17) is 9.47 Å². The number of phenolic OH excluding ortho intramolecular Hbond substituents is 1. The number of hydrogen-bond acceptors (Lipinski definition) is 11.